The van der Waals surface area contributed by atoms with Gasteiger partial charge in [0.05, 0.1) is 24.5 Å². The van der Waals surface area contributed by atoms with Crippen molar-refractivity contribution in [2.45, 2.75) is 46.1 Å². The lowest BCUT2D eigenvalue weighted by molar-refractivity contribution is -0.134. The fourth-order valence-electron chi connectivity index (χ4n) is 4.74. The van der Waals surface area contributed by atoms with Crippen molar-refractivity contribution in [1.29, 1.82) is 0 Å². The lowest BCUT2D eigenvalue weighted by atomic mass is 10.1. The first-order valence-electron chi connectivity index (χ1n) is 15.1. The van der Waals surface area contributed by atoms with Gasteiger partial charge >= 0.3 is 12.1 Å². The number of esters is 1. The summed E-state index contributed by atoms with van der Waals surface area (Å²) in [4.78, 5) is 64.1. The zero-order valence-electron chi connectivity index (χ0n) is 25.5. The third-order valence-electron chi connectivity index (χ3n) is 7.24. The topological polar surface area (TPSA) is 131 Å². The predicted octanol–water partition coefficient (Wildman–Crippen LogP) is 4.58. The molecule has 1 aliphatic rings. The second-order valence-electron chi connectivity index (χ2n) is 10.3. The van der Waals surface area contributed by atoms with E-state index in [1.165, 1.54) is 0 Å². The first-order chi connectivity index (χ1) is 21.3. The van der Waals surface area contributed by atoms with E-state index in [1.54, 1.807) is 47.1 Å². The average molecular weight is 602 g/mol. The van der Waals surface area contributed by atoms with Gasteiger partial charge in [0.2, 0.25) is 5.91 Å². The van der Waals surface area contributed by atoms with Crippen molar-refractivity contribution in [3.63, 3.8) is 0 Å². The minimum Gasteiger partial charge on any atom is -0.462 e. The Morgan fingerprint density at radius 2 is 1.55 bits per heavy atom. The summed E-state index contributed by atoms with van der Waals surface area (Å²) in [6, 6.07) is 17.0. The van der Waals surface area contributed by atoms with Crippen LogP contribution in [0.5, 0.6) is 0 Å². The van der Waals surface area contributed by atoms with Crippen LogP contribution in [0.1, 0.15) is 60.9 Å². The van der Waals surface area contributed by atoms with E-state index in [0.29, 0.717) is 56.0 Å². The Balaban J connectivity index is 1.56. The van der Waals surface area contributed by atoms with Crippen LogP contribution in [0.25, 0.3) is 22.6 Å². The molecule has 11 nitrogen and oxygen atoms in total. The molecule has 44 heavy (non-hydrogen) atoms. The highest BCUT2D eigenvalue weighted by Gasteiger charge is 2.30. The number of benzene rings is 2. The average Bonchev–Trinajstić information content (AvgIpc) is 3.07. The lowest BCUT2D eigenvalue weighted by Gasteiger charge is -2.35. The normalized spacial score (nSPS) is 13.6. The van der Waals surface area contributed by atoms with Gasteiger partial charge in [-0.1, -0.05) is 62.7 Å². The molecular formula is C33H39N5O6. The second kappa shape index (κ2) is 15.6. The van der Waals surface area contributed by atoms with Gasteiger partial charge in [-0.25, -0.2) is 19.6 Å². The number of nitrogens with one attached hydrogen (secondary N) is 1. The first kappa shape index (κ1) is 32.1. The van der Waals surface area contributed by atoms with Crippen molar-refractivity contribution in [3.05, 3.63) is 71.9 Å². The van der Waals surface area contributed by atoms with Crippen molar-refractivity contribution in [2.75, 3.05) is 39.4 Å². The molecule has 4 rings (SSSR count). The van der Waals surface area contributed by atoms with E-state index >= 15 is 0 Å². The van der Waals surface area contributed by atoms with E-state index in [0.717, 1.165) is 18.4 Å². The van der Waals surface area contributed by atoms with E-state index in [-0.39, 0.29) is 24.0 Å². The maximum Gasteiger partial charge on any atom is 0.409 e. The molecule has 1 N–H and O–H groups in total. The number of nitrogens with zero attached hydrogens (tertiary/aromatic N) is 4. The van der Waals surface area contributed by atoms with Crippen LogP contribution in [0.3, 0.4) is 0 Å². The third-order valence-corrected chi connectivity index (χ3v) is 7.24. The SMILES string of the molecule is CCCCOC(=O)c1cccc(-c2nc(C(=O)NC(CC)C(=O)N3CCN(C(=O)OCC)CC3)cc(-c3ccccc3)n2)c1. The van der Waals surface area contributed by atoms with Crippen LogP contribution in [-0.2, 0) is 14.3 Å². The highest BCUT2D eigenvalue weighted by Crippen LogP contribution is 2.24. The molecule has 0 bridgehead atoms. The Morgan fingerprint density at radius 1 is 0.841 bits per heavy atom. The smallest absolute Gasteiger partial charge is 0.409 e. The van der Waals surface area contributed by atoms with Gasteiger partial charge in [0.25, 0.3) is 5.91 Å². The van der Waals surface area contributed by atoms with Gasteiger partial charge < -0.3 is 24.6 Å². The Kier molecular flexibility index (Phi) is 11.4. The summed E-state index contributed by atoms with van der Waals surface area (Å²) in [5, 5.41) is 2.85. The second-order valence-corrected chi connectivity index (χ2v) is 10.3. The van der Waals surface area contributed by atoms with Gasteiger partial charge in [-0.05, 0) is 38.0 Å². The Hall–Kier alpha value is -4.80. The molecule has 0 radical (unpaired) electrons. The summed E-state index contributed by atoms with van der Waals surface area (Å²) >= 11 is 0. The van der Waals surface area contributed by atoms with Crippen LogP contribution in [0.15, 0.2) is 60.7 Å². The van der Waals surface area contributed by atoms with Gasteiger partial charge in [-0.15, -0.1) is 0 Å². The van der Waals surface area contributed by atoms with Crippen molar-refractivity contribution in [2.24, 2.45) is 0 Å². The molecule has 1 aliphatic heterocycles. The molecule has 11 heteroatoms. The molecule has 0 aliphatic carbocycles. The van der Waals surface area contributed by atoms with Gasteiger partial charge in [-0.2, -0.15) is 0 Å². The minimum atomic E-state index is -0.781. The number of carbonyl (C=O) groups is 4. The molecule has 232 valence electrons. The fraction of sp³-hybridized carbons (Fsp3) is 0.394. The molecule has 3 amide bonds. The number of rotatable bonds is 11. The van der Waals surface area contributed by atoms with Gasteiger partial charge in [-0.3, -0.25) is 9.59 Å². The van der Waals surface area contributed by atoms with E-state index in [2.05, 4.69) is 10.3 Å². The summed E-state index contributed by atoms with van der Waals surface area (Å²) in [6.45, 7) is 7.62. The number of ether oxygens (including phenoxy) is 2. The third kappa shape index (κ3) is 8.18. The number of amides is 3. The van der Waals surface area contributed by atoms with Crippen LogP contribution >= 0.6 is 0 Å². The van der Waals surface area contributed by atoms with Gasteiger partial charge in [0.1, 0.15) is 11.7 Å². The number of hydrogen-bond donors (Lipinski definition) is 1. The summed E-state index contributed by atoms with van der Waals surface area (Å²) in [7, 11) is 0. The Labute approximate surface area is 257 Å². The molecule has 1 saturated heterocycles. The number of carbonyl (C=O) groups excluding carboxylic acids is 4. The zero-order valence-corrected chi connectivity index (χ0v) is 25.5. The predicted molar refractivity (Wildman–Crippen MR) is 165 cm³/mol. The number of aromatic nitrogens is 2. The molecular weight excluding hydrogens is 562 g/mol. The zero-order chi connectivity index (χ0) is 31.5. The van der Waals surface area contributed by atoms with Gasteiger partial charge in [0, 0.05) is 37.3 Å². The standard InChI is InChI=1S/C33H39N5O6/c1-4-7-20-44-32(41)25-15-11-14-24(21-25)29-34-27(23-12-9-8-10-13-23)22-28(35-29)30(39)36-26(5-2)31(40)37-16-18-38(19-17-37)33(42)43-6-3/h8-15,21-22,26H,4-7,16-20H2,1-3H3,(H,36,39). The monoisotopic (exact) mass is 601 g/mol. The van der Waals surface area contributed by atoms with Crippen molar-refractivity contribution in [1.82, 2.24) is 25.1 Å². The van der Waals surface area contributed by atoms with Crippen LogP contribution in [0, 0.1) is 0 Å². The Morgan fingerprint density at radius 3 is 2.23 bits per heavy atom. The van der Waals surface area contributed by atoms with E-state index in [9.17, 15) is 19.2 Å². The number of unbranched alkanes of at least 4 members (excludes halogenated alkanes) is 1. The van der Waals surface area contributed by atoms with E-state index in [1.807, 2.05) is 44.2 Å². The molecule has 0 saturated carbocycles. The van der Waals surface area contributed by atoms with Crippen LogP contribution in [-0.4, -0.2) is 89.1 Å². The number of hydrogen-bond acceptors (Lipinski definition) is 8. The molecule has 1 aromatic heterocycles. The highest BCUT2D eigenvalue weighted by molar-refractivity contribution is 5.97. The summed E-state index contributed by atoms with van der Waals surface area (Å²) in [5.41, 5.74) is 2.29. The van der Waals surface area contributed by atoms with Crippen molar-refractivity contribution in [3.8, 4) is 22.6 Å². The fourth-order valence-corrected chi connectivity index (χ4v) is 4.74. The Bertz CT molecular complexity index is 1460. The van der Waals surface area contributed by atoms with Crippen LogP contribution < -0.4 is 5.32 Å². The molecule has 0 spiro atoms. The molecule has 2 heterocycles. The van der Waals surface area contributed by atoms with Gasteiger partial charge in [0.15, 0.2) is 5.82 Å². The van der Waals surface area contributed by atoms with Crippen LogP contribution in [0.2, 0.25) is 0 Å². The van der Waals surface area contributed by atoms with Crippen molar-refractivity contribution >= 4 is 23.9 Å². The van der Waals surface area contributed by atoms with E-state index in [4.69, 9.17) is 14.5 Å². The van der Waals surface area contributed by atoms with Crippen molar-refractivity contribution < 1.29 is 28.7 Å². The summed E-state index contributed by atoms with van der Waals surface area (Å²) in [5.74, 6) is -0.929. The largest absolute Gasteiger partial charge is 0.462 e. The van der Waals surface area contributed by atoms with Crippen LogP contribution in [0.4, 0.5) is 4.79 Å². The lowest BCUT2D eigenvalue weighted by Crippen LogP contribution is -2.55. The molecule has 1 unspecified atom stereocenters. The quantitative estimate of drug-likeness (QED) is 0.250. The summed E-state index contributed by atoms with van der Waals surface area (Å²) in [6.07, 6.45) is 1.66. The molecule has 1 fully saturated rings. The highest BCUT2D eigenvalue weighted by atomic mass is 16.6. The summed E-state index contributed by atoms with van der Waals surface area (Å²) < 4.78 is 10.4. The molecule has 2 aromatic carbocycles. The van der Waals surface area contributed by atoms with E-state index < -0.39 is 24.0 Å². The number of piperazine rings is 1. The maximum atomic E-state index is 13.6. The minimum absolute atomic E-state index is 0.0863. The molecule has 1 atom stereocenters. The molecule has 3 aromatic rings. The maximum absolute atomic E-state index is 13.6. The first-order valence-corrected chi connectivity index (χ1v) is 15.1.